The van der Waals surface area contributed by atoms with E-state index < -0.39 is 0 Å². The average molecular weight is 362 g/mol. The van der Waals surface area contributed by atoms with Crippen LogP contribution in [0.1, 0.15) is 62.4 Å². The minimum absolute atomic E-state index is 0.305. The number of aromatic nitrogens is 1. The van der Waals surface area contributed by atoms with Crippen LogP contribution in [0.15, 0.2) is 60.7 Å². The van der Waals surface area contributed by atoms with E-state index in [1.54, 1.807) is 12.1 Å². The van der Waals surface area contributed by atoms with Crippen LogP contribution < -0.4 is 0 Å². The Bertz CT molecular complexity index is 843. The van der Waals surface area contributed by atoms with Gasteiger partial charge in [0.15, 0.2) is 0 Å². The Kier molecular flexibility index (Phi) is 6.39. The molecule has 3 rings (SSSR count). The molecule has 0 fully saturated rings. The van der Waals surface area contributed by atoms with Crippen molar-refractivity contribution in [3.8, 4) is 17.0 Å². The summed E-state index contributed by atoms with van der Waals surface area (Å²) in [7, 11) is 0. The summed E-state index contributed by atoms with van der Waals surface area (Å²) in [5.41, 5.74) is 6.39. The number of rotatable bonds is 8. The Labute approximate surface area is 163 Å². The molecular weight excluding hydrogens is 330 g/mol. The monoisotopic (exact) mass is 361 g/mol. The summed E-state index contributed by atoms with van der Waals surface area (Å²) in [6.07, 6.45) is 6.05. The third-order valence-electron chi connectivity index (χ3n) is 5.42. The second-order valence-electron chi connectivity index (χ2n) is 7.40. The first-order chi connectivity index (χ1) is 13.1. The lowest BCUT2D eigenvalue weighted by atomic mass is 9.99. The van der Waals surface area contributed by atoms with Gasteiger partial charge in [-0.2, -0.15) is 0 Å². The largest absolute Gasteiger partial charge is 0.508 e. The van der Waals surface area contributed by atoms with Crippen molar-refractivity contribution in [2.45, 2.75) is 58.9 Å². The summed E-state index contributed by atoms with van der Waals surface area (Å²) in [5, 5.41) is 9.61. The molecule has 1 atom stereocenters. The highest BCUT2D eigenvalue weighted by Gasteiger charge is 2.17. The molecule has 1 heterocycles. The van der Waals surface area contributed by atoms with E-state index >= 15 is 0 Å². The van der Waals surface area contributed by atoms with Crippen LogP contribution in [0.25, 0.3) is 11.3 Å². The first kappa shape index (κ1) is 19.3. The number of phenolic OH excluding ortho intramolecular Hbond substituents is 1. The van der Waals surface area contributed by atoms with E-state index in [9.17, 15) is 5.11 Å². The van der Waals surface area contributed by atoms with Crippen molar-refractivity contribution in [2.24, 2.45) is 0 Å². The molecule has 1 unspecified atom stereocenters. The van der Waals surface area contributed by atoms with Gasteiger partial charge in [0, 0.05) is 11.4 Å². The maximum Gasteiger partial charge on any atom is 0.115 e. The van der Waals surface area contributed by atoms with Gasteiger partial charge in [-0.15, -0.1) is 0 Å². The fraction of sp³-hybridized carbons (Fsp3) is 0.360. The molecule has 0 amide bonds. The molecule has 27 heavy (non-hydrogen) atoms. The van der Waals surface area contributed by atoms with Gasteiger partial charge < -0.3 is 9.67 Å². The van der Waals surface area contributed by atoms with Gasteiger partial charge in [-0.05, 0) is 79.3 Å². The lowest BCUT2D eigenvalue weighted by molar-refractivity contribution is 0.475. The van der Waals surface area contributed by atoms with Gasteiger partial charge in [0.2, 0.25) is 0 Å². The maximum atomic E-state index is 9.61. The van der Waals surface area contributed by atoms with Gasteiger partial charge >= 0.3 is 0 Å². The van der Waals surface area contributed by atoms with Crippen LogP contribution in [-0.2, 0) is 6.42 Å². The topological polar surface area (TPSA) is 25.2 Å². The zero-order chi connectivity index (χ0) is 19.2. The SMILES string of the molecule is CCCCCc1ccc(C(CC)n2c(C)ccc2-c2ccc(O)cc2)cc1. The highest BCUT2D eigenvalue weighted by Crippen LogP contribution is 2.32. The van der Waals surface area contributed by atoms with Gasteiger partial charge in [-0.1, -0.05) is 51.0 Å². The van der Waals surface area contributed by atoms with Gasteiger partial charge in [0.1, 0.15) is 5.75 Å². The Morgan fingerprint density at radius 2 is 1.56 bits per heavy atom. The number of aryl methyl sites for hydroxylation is 2. The van der Waals surface area contributed by atoms with Gasteiger partial charge in [-0.25, -0.2) is 0 Å². The Morgan fingerprint density at radius 1 is 0.852 bits per heavy atom. The summed E-state index contributed by atoms with van der Waals surface area (Å²) < 4.78 is 2.43. The number of hydrogen-bond acceptors (Lipinski definition) is 1. The third-order valence-corrected chi connectivity index (χ3v) is 5.42. The van der Waals surface area contributed by atoms with Crippen molar-refractivity contribution in [3.05, 3.63) is 77.5 Å². The van der Waals surface area contributed by atoms with E-state index in [-0.39, 0.29) is 0 Å². The molecule has 0 aliphatic heterocycles. The summed E-state index contributed by atoms with van der Waals surface area (Å²) in [6, 6.07) is 21.4. The number of unbranched alkanes of at least 4 members (excludes halogenated alkanes) is 2. The summed E-state index contributed by atoms with van der Waals surface area (Å²) in [6.45, 7) is 6.67. The Hall–Kier alpha value is -2.48. The number of hydrogen-bond donors (Lipinski definition) is 1. The van der Waals surface area contributed by atoms with Crippen LogP contribution in [-0.4, -0.2) is 9.67 Å². The van der Waals surface area contributed by atoms with Gasteiger partial charge in [0.05, 0.1) is 6.04 Å². The predicted molar refractivity (Wildman–Crippen MR) is 114 cm³/mol. The molecule has 0 saturated carbocycles. The molecule has 1 aromatic heterocycles. The molecule has 0 saturated heterocycles. The van der Waals surface area contributed by atoms with E-state index in [0.717, 1.165) is 12.0 Å². The number of phenols is 1. The van der Waals surface area contributed by atoms with Crippen LogP contribution in [0.3, 0.4) is 0 Å². The van der Waals surface area contributed by atoms with E-state index in [1.165, 1.54) is 48.2 Å². The first-order valence-corrected chi connectivity index (χ1v) is 10.2. The minimum Gasteiger partial charge on any atom is -0.508 e. The predicted octanol–water partition coefficient (Wildman–Crippen LogP) is 6.90. The lowest BCUT2D eigenvalue weighted by Gasteiger charge is -2.23. The van der Waals surface area contributed by atoms with Crippen LogP contribution in [0.2, 0.25) is 0 Å². The zero-order valence-corrected chi connectivity index (χ0v) is 16.8. The van der Waals surface area contributed by atoms with Crippen LogP contribution in [0.4, 0.5) is 0 Å². The van der Waals surface area contributed by atoms with Crippen molar-refractivity contribution in [3.63, 3.8) is 0 Å². The molecule has 2 aromatic carbocycles. The Morgan fingerprint density at radius 3 is 2.19 bits per heavy atom. The molecule has 142 valence electrons. The van der Waals surface area contributed by atoms with Crippen LogP contribution in [0, 0.1) is 6.92 Å². The van der Waals surface area contributed by atoms with E-state index in [4.69, 9.17) is 0 Å². The molecule has 0 aliphatic carbocycles. The average Bonchev–Trinajstić information content (AvgIpc) is 3.06. The highest BCUT2D eigenvalue weighted by molar-refractivity contribution is 5.62. The molecule has 2 nitrogen and oxygen atoms in total. The summed E-state index contributed by atoms with van der Waals surface area (Å²) >= 11 is 0. The number of aromatic hydroxyl groups is 1. The van der Waals surface area contributed by atoms with Crippen molar-refractivity contribution in [2.75, 3.05) is 0 Å². The fourth-order valence-corrected chi connectivity index (χ4v) is 3.88. The van der Waals surface area contributed by atoms with Crippen molar-refractivity contribution >= 4 is 0 Å². The molecule has 0 radical (unpaired) electrons. The fourth-order valence-electron chi connectivity index (χ4n) is 3.88. The number of benzene rings is 2. The van der Waals surface area contributed by atoms with E-state index in [0.29, 0.717) is 11.8 Å². The second kappa shape index (κ2) is 8.94. The van der Waals surface area contributed by atoms with Crippen molar-refractivity contribution in [1.29, 1.82) is 0 Å². The van der Waals surface area contributed by atoms with Crippen molar-refractivity contribution < 1.29 is 5.11 Å². The van der Waals surface area contributed by atoms with Crippen LogP contribution in [0.5, 0.6) is 5.75 Å². The smallest absolute Gasteiger partial charge is 0.115 e. The molecule has 0 spiro atoms. The molecule has 3 aromatic rings. The van der Waals surface area contributed by atoms with Crippen LogP contribution >= 0.6 is 0 Å². The maximum absolute atomic E-state index is 9.61. The molecule has 0 aliphatic rings. The van der Waals surface area contributed by atoms with E-state index in [1.807, 2.05) is 12.1 Å². The van der Waals surface area contributed by atoms with Gasteiger partial charge in [-0.3, -0.25) is 0 Å². The quantitative estimate of drug-likeness (QED) is 0.434. The van der Waals surface area contributed by atoms with E-state index in [2.05, 4.69) is 61.7 Å². The van der Waals surface area contributed by atoms with Crippen molar-refractivity contribution in [1.82, 2.24) is 4.57 Å². The first-order valence-electron chi connectivity index (χ1n) is 10.2. The molecular formula is C25H31NO. The summed E-state index contributed by atoms with van der Waals surface area (Å²) in [5.74, 6) is 0.305. The third kappa shape index (κ3) is 4.44. The summed E-state index contributed by atoms with van der Waals surface area (Å²) in [4.78, 5) is 0. The zero-order valence-electron chi connectivity index (χ0n) is 16.8. The normalized spacial score (nSPS) is 12.3. The second-order valence-corrected chi connectivity index (χ2v) is 7.40. The lowest BCUT2D eigenvalue weighted by Crippen LogP contribution is -2.12. The molecule has 0 bridgehead atoms. The number of nitrogens with zero attached hydrogens (tertiary/aromatic N) is 1. The minimum atomic E-state index is 0.305. The van der Waals surface area contributed by atoms with Gasteiger partial charge in [0.25, 0.3) is 0 Å². The Balaban J connectivity index is 1.90. The highest BCUT2D eigenvalue weighted by atomic mass is 16.3. The molecule has 2 heteroatoms. The molecule has 1 N–H and O–H groups in total. The standard InChI is InChI=1S/C25H31NO/c1-4-6-7-8-20-10-12-21(13-11-20)24(5-2)26-19(3)9-18-25(26)22-14-16-23(27)17-15-22/h9-18,24,27H,4-8H2,1-3H3.